The molecular formula is C13H11N3O4S. The number of pyridine rings is 1. The summed E-state index contributed by atoms with van der Waals surface area (Å²) in [6.07, 6.45) is 3.78. The van der Waals surface area contributed by atoms with E-state index >= 15 is 0 Å². The number of aromatic nitrogens is 2. The highest BCUT2D eigenvalue weighted by atomic mass is 32.1. The summed E-state index contributed by atoms with van der Waals surface area (Å²) in [6.45, 7) is 0.208. The minimum atomic E-state index is -1.05. The topological polar surface area (TPSA) is 112 Å². The number of H-pyrrole nitrogens is 1. The monoisotopic (exact) mass is 305 g/mol. The fraction of sp³-hybridized carbons (Fsp3) is 0.0769. The maximum atomic E-state index is 11.8. The fourth-order valence-electron chi connectivity index (χ4n) is 1.47. The van der Waals surface area contributed by atoms with Crippen molar-refractivity contribution in [2.75, 3.05) is 0 Å². The van der Waals surface area contributed by atoms with Crippen LogP contribution in [0.1, 0.15) is 21.7 Å². The van der Waals surface area contributed by atoms with Crippen molar-refractivity contribution in [3.05, 3.63) is 56.4 Å². The van der Waals surface area contributed by atoms with Crippen molar-refractivity contribution in [3.8, 4) is 0 Å². The predicted octanol–water partition coefficient (Wildman–Crippen LogP) is 0.859. The lowest BCUT2D eigenvalue weighted by Gasteiger charge is -2.03. The number of rotatable bonds is 5. The van der Waals surface area contributed by atoms with Crippen LogP contribution in [0.3, 0.4) is 0 Å². The van der Waals surface area contributed by atoms with Gasteiger partial charge in [-0.15, -0.1) is 0 Å². The Labute approximate surface area is 123 Å². The number of carboxylic acid groups (broad SMARTS) is 1. The normalized spacial score (nSPS) is 10.7. The van der Waals surface area contributed by atoms with E-state index in [2.05, 4.69) is 15.3 Å². The Balaban J connectivity index is 1.96. The molecule has 7 nitrogen and oxygen atoms in total. The molecule has 0 saturated heterocycles. The van der Waals surface area contributed by atoms with Gasteiger partial charge in [-0.25, -0.2) is 4.79 Å². The van der Waals surface area contributed by atoms with Crippen LogP contribution in [0, 0.1) is 0 Å². The predicted molar refractivity (Wildman–Crippen MR) is 77.0 cm³/mol. The molecule has 2 rings (SSSR count). The summed E-state index contributed by atoms with van der Waals surface area (Å²) < 4.78 is 0. The van der Waals surface area contributed by atoms with Crippen LogP contribution in [0.5, 0.6) is 0 Å². The molecule has 21 heavy (non-hydrogen) atoms. The van der Waals surface area contributed by atoms with Crippen LogP contribution in [-0.4, -0.2) is 27.0 Å². The Morgan fingerprint density at radius 1 is 1.43 bits per heavy atom. The van der Waals surface area contributed by atoms with Crippen LogP contribution in [0.4, 0.5) is 0 Å². The molecule has 0 aliphatic carbocycles. The molecule has 0 unspecified atom stereocenters. The molecule has 2 aromatic rings. The molecule has 0 radical (unpaired) electrons. The molecule has 108 valence electrons. The minimum absolute atomic E-state index is 0.174. The molecule has 0 fully saturated rings. The van der Waals surface area contributed by atoms with Gasteiger partial charge in [0.05, 0.1) is 6.54 Å². The van der Waals surface area contributed by atoms with E-state index in [1.54, 1.807) is 11.4 Å². The van der Waals surface area contributed by atoms with Crippen molar-refractivity contribution in [1.82, 2.24) is 15.3 Å². The lowest BCUT2D eigenvalue weighted by molar-refractivity contribution is -0.131. The van der Waals surface area contributed by atoms with Crippen LogP contribution in [0.25, 0.3) is 6.08 Å². The first-order valence-electron chi connectivity index (χ1n) is 5.86. The molecule has 0 saturated carbocycles. The second kappa shape index (κ2) is 6.62. The number of thiazole rings is 1. The van der Waals surface area contributed by atoms with Gasteiger partial charge in [-0.1, -0.05) is 17.4 Å². The van der Waals surface area contributed by atoms with Crippen molar-refractivity contribution in [3.63, 3.8) is 0 Å². The standard InChI is InChI=1S/C13H11N3O4S/c17-11(18)4-2-8-1-3-10(14-5-8)12(19)15-6-9-7-21-13(20)16-9/h1-5,7H,6H2,(H,15,19)(H,16,20)(H,17,18)/b4-2+. The summed E-state index contributed by atoms with van der Waals surface area (Å²) in [5.74, 6) is -1.43. The number of aromatic amines is 1. The van der Waals surface area contributed by atoms with Crippen LogP contribution in [-0.2, 0) is 11.3 Å². The molecule has 0 aliphatic rings. The van der Waals surface area contributed by atoms with Crippen LogP contribution >= 0.6 is 11.3 Å². The average Bonchev–Trinajstić information content (AvgIpc) is 2.89. The van der Waals surface area contributed by atoms with Crippen molar-refractivity contribution in [2.45, 2.75) is 6.54 Å². The van der Waals surface area contributed by atoms with Gasteiger partial charge < -0.3 is 15.4 Å². The van der Waals surface area contributed by atoms with Gasteiger partial charge >= 0.3 is 10.8 Å². The highest BCUT2D eigenvalue weighted by molar-refractivity contribution is 7.07. The molecule has 0 atom stereocenters. The molecule has 3 N–H and O–H groups in total. The average molecular weight is 305 g/mol. The van der Waals surface area contributed by atoms with E-state index in [1.165, 1.54) is 18.3 Å². The zero-order chi connectivity index (χ0) is 15.2. The SMILES string of the molecule is O=C(O)/C=C/c1ccc(C(=O)NCc2csc(=O)[nH]2)nc1. The van der Waals surface area contributed by atoms with E-state index in [9.17, 15) is 14.4 Å². The minimum Gasteiger partial charge on any atom is -0.478 e. The largest absolute Gasteiger partial charge is 0.478 e. The van der Waals surface area contributed by atoms with E-state index in [0.29, 0.717) is 11.3 Å². The Hall–Kier alpha value is -2.74. The van der Waals surface area contributed by atoms with Gasteiger partial charge in [0.15, 0.2) is 0 Å². The van der Waals surface area contributed by atoms with E-state index < -0.39 is 5.97 Å². The number of hydrogen-bond acceptors (Lipinski definition) is 5. The van der Waals surface area contributed by atoms with Gasteiger partial charge in [0, 0.05) is 23.3 Å². The molecule has 2 heterocycles. The molecule has 2 aromatic heterocycles. The summed E-state index contributed by atoms with van der Waals surface area (Å²) in [5, 5.41) is 12.8. The van der Waals surface area contributed by atoms with Gasteiger partial charge in [-0.3, -0.25) is 14.6 Å². The number of carboxylic acids is 1. The zero-order valence-electron chi connectivity index (χ0n) is 10.7. The Morgan fingerprint density at radius 3 is 2.81 bits per heavy atom. The number of nitrogens with one attached hydrogen (secondary N) is 2. The Morgan fingerprint density at radius 2 is 2.24 bits per heavy atom. The quantitative estimate of drug-likeness (QED) is 0.709. The summed E-state index contributed by atoms with van der Waals surface area (Å²) in [4.78, 5) is 39.5. The van der Waals surface area contributed by atoms with Gasteiger partial charge in [-0.2, -0.15) is 0 Å². The Bertz CT molecular complexity index is 730. The summed E-state index contributed by atoms with van der Waals surface area (Å²) in [5.41, 5.74) is 1.41. The first-order chi connectivity index (χ1) is 10.0. The third-order valence-electron chi connectivity index (χ3n) is 2.45. The molecule has 0 spiro atoms. The first-order valence-corrected chi connectivity index (χ1v) is 6.74. The number of nitrogens with zero attached hydrogens (tertiary/aromatic N) is 1. The maximum Gasteiger partial charge on any atom is 0.328 e. The van der Waals surface area contributed by atoms with E-state index in [4.69, 9.17) is 5.11 Å². The van der Waals surface area contributed by atoms with Crippen molar-refractivity contribution in [2.24, 2.45) is 0 Å². The van der Waals surface area contributed by atoms with Gasteiger partial charge in [0.1, 0.15) is 5.69 Å². The van der Waals surface area contributed by atoms with Crippen LogP contribution in [0.15, 0.2) is 34.6 Å². The lowest BCUT2D eigenvalue weighted by atomic mass is 10.2. The number of carbonyl (C=O) groups excluding carboxylic acids is 1. The third-order valence-corrected chi connectivity index (χ3v) is 3.17. The van der Waals surface area contributed by atoms with Crippen LogP contribution in [0.2, 0.25) is 0 Å². The van der Waals surface area contributed by atoms with E-state index in [-0.39, 0.29) is 23.0 Å². The molecular weight excluding hydrogens is 294 g/mol. The van der Waals surface area contributed by atoms with Gasteiger partial charge in [0.2, 0.25) is 0 Å². The fourth-order valence-corrected chi connectivity index (χ4v) is 2.05. The van der Waals surface area contributed by atoms with Crippen LogP contribution < -0.4 is 10.2 Å². The van der Waals surface area contributed by atoms with Crippen molar-refractivity contribution >= 4 is 29.3 Å². The number of carbonyl (C=O) groups is 2. The summed E-state index contributed by atoms with van der Waals surface area (Å²) >= 11 is 1.03. The Kier molecular flexibility index (Phi) is 4.62. The first kappa shape index (κ1) is 14.7. The van der Waals surface area contributed by atoms with E-state index in [1.807, 2.05) is 0 Å². The molecule has 0 bridgehead atoms. The number of amides is 1. The summed E-state index contributed by atoms with van der Waals surface area (Å²) in [7, 11) is 0. The smallest absolute Gasteiger partial charge is 0.328 e. The molecule has 1 amide bonds. The molecule has 8 heteroatoms. The highest BCUT2D eigenvalue weighted by Crippen LogP contribution is 2.03. The lowest BCUT2D eigenvalue weighted by Crippen LogP contribution is -2.24. The zero-order valence-corrected chi connectivity index (χ0v) is 11.5. The number of hydrogen-bond donors (Lipinski definition) is 3. The third kappa shape index (κ3) is 4.39. The highest BCUT2D eigenvalue weighted by Gasteiger charge is 2.07. The van der Waals surface area contributed by atoms with Gasteiger partial charge in [0.25, 0.3) is 5.91 Å². The van der Waals surface area contributed by atoms with Crippen molar-refractivity contribution < 1.29 is 14.7 Å². The second-order valence-electron chi connectivity index (χ2n) is 4.00. The second-order valence-corrected chi connectivity index (χ2v) is 4.85. The summed E-state index contributed by atoms with van der Waals surface area (Å²) in [6, 6.07) is 3.08. The molecule has 0 aromatic carbocycles. The van der Waals surface area contributed by atoms with E-state index in [0.717, 1.165) is 17.4 Å². The number of aliphatic carboxylic acids is 1. The maximum absolute atomic E-state index is 11.8. The van der Waals surface area contributed by atoms with Gasteiger partial charge in [-0.05, 0) is 17.7 Å². The van der Waals surface area contributed by atoms with Crippen molar-refractivity contribution in [1.29, 1.82) is 0 Å². The molecule has 0 aliphatic heterocycles.